The zero-order valence-corrected chi connectivity index (χ0v) is 12.7. The van der Waals surface area contributed by atoms with Gasteiger partial charge in [0.05, 0.1) is 12.0 Å². The van der Waals surface area contributed by atoms with E-state index in [0.29, 0.717) is 6.04 Å². The Labute approximate surface area is 125 Å². The second-order valence-corrected chi connectivity index (χ2v) is 7.18. The van der Waals surface area contributed by atoms with Gasteiger partial charge in [-0.15, -0.1) is 0 Å². The molecule has 0 aromatic rings. The number of thioether (sulfide) groups is 1. The molecule has 3 rings (SSSR count). The quantitative estimate of drug-likeness (QED) is 0.797. The second-order valence-electron chi connectivity index (χ2n) is 6.03. The van der Waals surface area contributed by atoms with Crippen LogP contribution in [0.4, 0.5) is 0 Å². The highest BCUT2D eigenvalue weighted by atomic mass is 32.2. The van der Waals surface area contributed by atoms with Gasteiger partial charge in [-0.1, -0.05) is 12.2 Å². The van der Waals surface area contributed by atoms with Crippen molar-refractivity contribution in [2.24, 2.45) is 11.7 Å². The van der Waals surface area contributed by atoms with Crippen LogP contribution in [0.3, 0.4) is 0 Å². The maximum Gasteiger partial charge on any atom is 0.229 e. The minimum absolute atomic E-state index is 0.0167. The molecule has 20 heavy (non-hydrogen) atoms. The molecule has 2 heterocycles. The standard InChI is InChI=1S/C15H24N2O2S/c16-12-4-3-11(8-12)15(18)17(13-5-7-20-10-13)9-14-2-1-6-19-14/h3-4,11-14H,1-2,5-10,16H2. The maximum absolute atomic E-state index is 12.8. The number of amides is 1. The van der Waals surface area contributed by atoms with Crippen LogP contribution in [0.5, 0.6) is 0 Å². The molecule has 2 aliphatic heterocycles. The Balaban J connectivity index is 1.67. The fourth-order valence-corrected chi connectivity index (χ4v) is 4.54. The molecule has 4 atom stereocenters. The summed E-state index contributed by atoms with van der Waals surface area (Å²) in [5, 5.41) is 0. The Morgan fingerprint density at radius 3 is 2.90 bits per heavy atom. The van der Waals surface area contributed by atoms with Crippen molar-refractivity contribution >= 4 is 17.7 Å². The summed E-state index contributed by atoms with van der Waals surface area (Å²) in [5.74, 6) is 2.48. The summed E-state index contributed by atoms with van der Waals surface area (Å²) >= 11 is 1.95. The number of carbonyl (C=O) groups excluding carboxylic acids is 1. The van der Waals surface area contributed by atoms with E-state index in [2.05, 4.69) is 4.90 Å². The lowest BCUT2D eigenvalue weighted by Crippen LogP contribution is -2.47. The highest BCUT2D eigenvalue weighted by Crippen LogP contribution is 2.28. The third kappa shape index (κ3) is 3.21. The van der Waals surface area contributed by atoms with Gasteiger partial charge in [-0.2, -0.15) is 11.8 Å². The SMILES string of the molecule is NC1C=CC(C(=O)N(CC2CCCO2)C2CCSC2)C1. The average molecular weight is 296 g/mol. The Morgan fingerprint density at radius 2 is 2.30 bits per heavy atom. The third-order valence-corrected chi connectivity index (χ3v) is 5.63. The number of nitrogens with two attached hydrogens (primary N) is 1. The number of ether oxygens (including phenoxy) is 1. The number of nitrogens with zero attached hydrogens (tertiary/aromatic N) is 1. The molecule has 5 heteroatoms. The second kappa shape index (κ2) is 6.50. The molecule has 1 aliphatic carbocycles. The summed E-state index contributed by atoms with van der Waals surface area (Å²) < 4.78 is 5.73. The van der Waals surface area contributed by atoms with Crippen molar-refractivity contribution in [1.82, 2.24) is 4.90 Å². The molecule has 0 spiro atoms. The first kappa shape index (κ1) is 14.4. The van der Waals surface area contributed by atoms with Gasteiger partial charge < -0.3 is 15.4 Å². The van der Waals surface area contributed by atoms with Crippen LogP contribution < -0.4 is 5.73 Å². The van der Waals surface area contributed by atoms with Crippen LogP contribution in [-0.2, 0) is 9.53 Å². The molecular weight excluding hydrogens is 272 g/mol. The summed E-state index contributed by atoms with van der Waals surface area (Å²) in [6.07, 6.45) is 8.30. The van der Waals surface area contributed by atoms with Crippen molar-refractivity contribution in [3.05, 3.63) is 12.2 Å². The summed E-state index contributed by atoms with van der Waals surface area (Å²) in [6.45, 7) is 1.62. The minimum Gasteiger partial charge on any atom is -0.376 e. The fourth-order valence-electron chi connectivity index (χ4n) is 3.32. The zero-order chi connectivity index (χ0) is 13.9. The van der Waals surface area contributed by atoms with Crippen LogP contribution in [0.15, 0.2) is 12.2 Å². The number of carbonyl (C=O) groups is 1. The Morgan fingerprint density at radius 1 is 1.40 bits per heavy atom. The largest absolute Gasteiger partial charge is 0.376 e. The molecule has 2 N–H and O–H groups in total. The van der Waals surface area contributed by atoms with Crippen LogP contribution in [-0.4, -0.2) is 53.7 Å². The lowest BCUT2D eigenvalue weighted by atomic mass is 10.0. The van der Waals surface area contributed by atoms with Crippen molar-refractivity contribution in [2.75, 3.05) is 24.7 Å². The van der Waals surface area contributed by atoms with Crippen LogP contribution in [0.1, 0.15) is 25.7 Å². The first-order valence-electron chi connectivity index (χ1n) is 7.68. The summed E-state index contributed by atoms with van der Waals surface area (Å²) in [7, 11) is 0. The lowest BCUT2D eigenvalue weighted by Gasteiger charge is -2.32. The molecule has 112 valence electrons. The van der Waals surface area contributed by atoms with Gasteiger partial charge >= 0.3 is 0 Å². The highest BCUT2D eigenvalue weighted by Gasteiger charge is 2.34. The first-order valence-corrected chi connectivity index (χ1v) is 8.83. The van der Waals surface area contributed by atoms with E-state index < -0.39 is 0 Å². The molecular formula is C15H24N2O2S. The molecule has 0 aromatic heterocycles. The third-order valence-electron chi connectivity index (χ3n) is 4.49. The molecule has 4 nitrogen and oxygen atoms in total. The van der Waals surface area contributed by atoms with E-state index in [0.717, 1.165) is 44.6 Å². The molecule has 3 aliphatic rings. The van der Waals surface area contributed by atoms with Gasteiger partial charge in [0.15, 0.2) is 0 Å². The first-order chi connectivity index (χ1) is 9.74. The van der Waals surface area contributed by atoms with E-state index in [1.807, 2.05) is 23.9 Å². The van der Waals surface area contributed by atoms with Gasteiger partial charge in [0.2, 0.25) is 5.91 Å². The van der Waals surface area contributed by atoms with Crippen molar-refractivity contribution in [3.63, 3.8) is 0 Å². The molecule has 4 unspecified atom stereocenters. The van der Waals surface area contributed by atoms with E-state index >= 15 is 0 Å². The van der Waals surface area contributed by atoms with E-state index in [1.165, 1.54) is 5.75 Å². The van der Waals surface area contributed by atoms with Gasteiger partial charge in [-0.3, -0.25) is 4.79 Å². The topological polar surface area (TPSA) is 55.6 Å². The van der Waals surface area contributed by atoms with E-state index in [4.69, 9.17) is 10.5 Å². The van der Waals surface area contributed by atoms with Crippen molar-refractivity contribution < 1.29 is 9.53 Å². The predicted molar refractivity (Wildman–Crippen MR) is 81.6 cm³/mol. The van der Waals surface area contributed by atoms with Gasteiger partial charge in [0.1, 0.15) is 0 Å². The molecule has 0 radical (unpaired) electrons. The Bertz CT molecular complexity index is 376. The van der Waals surface area contributed by atoms with Crippen LogP contribution in [0, 0.1) is 5.92 Å². The lowest BCUT2D eigenvalue weighted by molar-refractivity contribution is -0.137. The van der Waals surface area contributed by atoms with Crippen LogP contribution in [0.2, 0.25) is 0 Å². The maximum atomic E-state index is 12.8. The van der Waals surface area contributed by atoms with Crippen molar-refractivity contribution in [1.29, 1.82) is 0 Å². The van der Waals surface area contributed by atoms with Gasteiger partial charge in [0, 0.05) is 31.0 Å². The minimum atomic E-state index is -0.0167. The molecule has 2 saturated heterocycles. The van der Waals surface area contributed by atoms with Gasteiger partial charge in [-0.05, 0) is 31.4 Å². The van der Waals surface area contributed by atoms with Crippen LogP contribution in [0.25, 0.3) is 0 Å². The summed E-state index contributed by atoms with van der Waals surface area (Å²) in [6, 6.07) is 0.438. The molecule has 0 aromatic carbocycles. The predicted octanol–water partition coefficient (Wildman–Crippen LogP) is 1.40. The molecule has 1 amide bonds. The van der Waals surface area contributed by atoms with Crippen molar-refractivity contribution in [2.45, 2.75) is 43.9 Å². The monoisotopic (exact) mass is 296 g/mol. The van der Waals surface area contributed by atoms with E-state index in [1.54, 1.807) is 0 Å². The summed E-state index contributed by atoms with van der Waals surface area (Å²) in [4.78, 5) is 14.9. The fraction of sp³-hybridized carbons (Fsp3) is 0.800. The average Bonchev–Trinajstić information content (AvgIpc) is 3.17. The Kier molecular flexibility index (Phi) is 4.68. The molecule has 0 saturated carbocycles. The number of hydrogen-bond acceptors (Lipinski definition) is 4. The summed E-state index contributed by atoms with van der Waals surface area (Å²) in [5.41, 5.74) is 5.89. The number of hydrogen-bond donors (Lipinski definition) is 1. The molecule has 2 fully saturated rings. The normalized spacial score (nSPS) is 36.6. The van der Waals surface area contributed by atoms with Gasteiger partial charge in [-0.25, -0.2) is 0 Å². The van der Waals surface area contributed by atoms with Gasteiger partial charge in [0.25, 0.3) is 0 Å². The van der Waals surface area contributed by atoms with E-state index in [-0.39, 0.29) is 24.0 Å². The van der Waals surface area contributed by atoms with Crippen molar-refractivity contribution in [3.8, 4) is 0 Å². The zero-order valence-electron chi connectivity index (χ0n) is 11.9. The van der Waals surface area contributed by atoms with Crippen LogP contribution >= 0.6 is 11.8 Å². The smallest absolute Gasteiger partial charge is 0.229 e. The molecule has 0 bridgehead atoms. The highest BCUT2D eigenvalue weighted by molar-refractivity contribution is 7.99. The van der Waals surface area contributed by atoms with E-state index in [9.17, 15) is 4.79 Å². The number of rotatable bonds is 4. The Hall–Kier alpha value is -0.520.